The van der Waals surface area contributed by atoms with Gasteiger partial charge < -0.3 is 11.5 Å². The summed E-state index contributed by atoms with van der Waals surface area (Å²) in [6.07, 6.45) is 0. The van der Waals surface area contributed by atoms with E-state index >= 15 is 0 Å². The van der Waals surface area contributed by atoms with Crippen LogP contribution in [0.2, 0.25) is 0 Å². The van der Waals surface area contributed by atoms with E-state index in [1.165, 1.54) is 0 Å². The van der Waals surface area contributed by atoms with Gasteiger partial charge in [0.15, 0.2) is 0 Å². The molecule has 0 aliphatic heterocycles. The molecule has 0 spiro atoms. The number of hydrogen-bond acceptors (Lipinski definition) is 0. The van der Waals surface area contributed by atoms with Crippen LogP contribution >= 0.6 is 0 Å². The van der Waals surface area contributed by atoms with Crippen LogP contribution < -0.4 is 48.4 Å². The summed E-state index contributed by atoms with van der Waals surface area (Å²) in [5.41, 5.74) is 0. The molecule has 0 saturated heterocycles. The molecular formula is C6H16LiN2Na. The molecule has 0 aromatic rings. The largest absolute Gasteiger partial charge is 1.00 e. The zero-order valence-electron chi connectivity index (χ0n) is 8.18. The Bertz CT molecular complexity index is 45.0. The van der Waals surface area contributed by atoms with Crippen LogP contribution in [-0.4, -0.2) is 12.1 Å². The monoisotopic (exact) mass is 146 g/mol. The molecule has 0 fully saturated rings. The van der Waals surface area contributed by atoms with E-state index in [2.05, 4.69) is 33.0 Å². The van der Waals surface area contributed by atoms with Gasteiger partial charge in [0, 0.05) is 0 Å². The van der Waals surface area contributed by atoms with Crippen LogP contribution in [0.1, 0.15) is 27.7 Å². The van der Waals surface area contributed by atoms with Crippen molar-refractivity contribution < 1.29 is 48.4 Å². The van der Waals surface area contributed by atoms with Gasteiger partial charge in [0.25, 0.3) is 0 Å². The fraction of sp³-hybridized carbons (Fsp3) is 1.00. The summed E-state index contributed by atoms with van der Waals surface area (Å²) < 4.78 is 0. The molecule has 2 N–H and O–H groups in total. The predicted octanol–water partition coefficient (Wildman–Crippen LogP) is -3.10. The summed E-state index contributed by atoms with van der Waals surface area (Å²) in [4.78, 5) is 0. The van der Waals surface area contributed by atoms with E-state index in [9.17, 15) is 0 Å². The molecule has 0 bridgehead atoms. The van der Waals surface area contributed by atoms with E-state index in [4.69, 9.17) is 0 Å². The molecule has 0 atom stereocenters. The first-order chi connectivity index (χ1) is 3.13. The quantitative estimate of drug-likeness (QED) is 0.371. The topological polar surface area (TPSA) is 47.6 Å². The molecule has 4 heteroatoms. The first-order valence-electron chi connectivity index (χ1n) is 2.83. The zero-order valence-corrected chi connectivity index (χ0v) is 10.2. The molecular weight excluding hydrogens is 130 g/mol. The molecule has 0 aliphatic carbocycles. The molecule has 2 nitrogen and oxygen atoms in total. The Kier molecular flexibility index (Phi) is 29.6. The maximum Gasteiger partial charge on any atom is 1.00 e. The molecule has 0 aliphatic rings. The van der Waals surface area contributed by atoms with Crippen molar-refractivity contribution in [1.29, 1.82) is 0 Å². The Morgan fingerprint density at radius 3 is 1.10 bits per heavy atom. The van der Waals surface area contributed by atoms with E-state index in [-0.39, 0.29) is 54.6 Å². The minimum absolute atomic E-state index is 0. The van der Waals surface area contributed by atoms with Gasteiger partial charge in [0.2, 0.25) is 0 Å². The van der Waals surface area contributed by atoms with E-state index in [1.807, 2.05) is 0 Å². The molecule has 0 aromatic heterocycles. The van der Waals surface area contributed by atoms with Crippen LogP contribution in [0.3, 0.4) is 0 Å². The molecule has 0 aromatic carbocycles. The van der Waals surface area contributed by atoms with Crippen LogP contribution in [0, 0.1) is 0 Å². The minimum Gasteiger partial charge on any atom is -0.693 e. The molecule has 0 heterocycles. The third-order valence-corrected chi connectivity index (χ3v) is 0.596. The van der Waals surface area contributed by atoms with Crippen LogP contribution in [0.15, 0.2) is 0 Å². The van der Waals surface area contributed by atoms with Crippen molar-refractivity contribution in [2.75, 3.05) is 0 Å². The standard InChI is InChI=1S/C6H14N.Li.H2N.Na/c1-5(2)7-6(3)4;;;/h5-6H,1-4H3;;1H2;/q-1;+1;-1;+1. The van der Waals surface area contributed by atoms with Crippen molar-refractivity contribution in [2.24, 2.45) is 0 Å². The van der Waals surface area contributed by atoms with Gasteiger partial charge in [-0.15, -0.1) is 12.1 Å². The Labute approximate surface area is 99.0 Å². The summed E-state index contributed by atoms with van der Waals surface area (Å²) in [6, 6.07) is 1.000. The minimum atomic E-state index is 0. The van der Waals surface area contributed by atoms with Crippen molar-refractivity contribution >= 4 is 0 Å². The summed E-state index contributed by atoms with van der Waals surface area (Å²) in [6.45, 7) is 8.39. The van der Waals surface area contributed by atoms with E-state index in [0.717, 1.165) is 0 Å². The van der Waals surface area contributed by atoms with Crippen LogP contribution in [0.25, 0.3) is 11.5 Å². The van der Waals surface area contributed by atoms with Crippen molar-refractivity contribution in [3.63, 3.8) is 0 Å². The van der Waals surface area contributed by atoms with Gasteiger partial charge in [-0.2, -0.15) is 0 Å². The summed E-state index contributed by atoms with van der Waals surface area (Å²) in [7, 11) is 0. The molecule has 0 rings (SSSR count). The van der Waals surface area contributed by atoms with E-state index < -0.39 is 0 Å². The Morgan fingerprint density at radius 1 is 0.900 bits per heavy atom. The molecule has 0 radical (unpaired) electrons. The first kappa shape index (κ1) is 22.5. The van der Waals surface area contributed by atoms with Crippen LogP contribution in [0.5, 0.6) is 0 Å². The smallest absolute Gasteiger partial charge is 0.693 e. The Balaban J connectivity index is -0.0000000600. The fourth-order valence-electron chi connectivity index (χ4n) is 0.596. The maximum atomic E-state index is 4.28. The normalized spacial score (nSPS) is 7.80. The SMILES string of the molecule is CC(C)[N-]C(C)C.[Li+].[NH2-].[Na+]. The number of nitrogens with two attached hydrogens (primary N) is 1. The van der Waals surface area contributed by atoms with Crippen molar-refractivity contribution in [3.8, 4) is 0 Å². The molecule has 0 unspecified atom stereocenters. The van der Waals surface area contributed by atoms with Gasteiger partial charge in [-0.1, -0.05) is 27.7 Å². The average molecular weight is 146 g/mol. The molecule has 0 saturated carbocycles. The summed E-state index contributed by atoms with van der Waals surface area (Å²) >= 11 is 0. The van der Waals surface area contributed by atoms with Gasteiger partial charge in [0.05, 0.1) is 0 Å². The Hall–Kier alpha value is 1.52. The van der Waals surface area contributed by atoms with Crippen LogP contribution in [-0.2, 0) is 0 Å². The third kappa shape index (κ3) is 22.7. The zero-order chi connectivity index (χ0) is 5.86. The van der Waals surface area contributed by atoms with E-state index in [1.54, 1.807) is 0 Å². The van der Waals surface area contributed by atoms with Crippen molar-refractivity contribution in [1.82, 2.24) is 0 Å². The van der Waals surface area contributed by atoms with Gasteiger partial charge in [-0.25, -0.2) is 0 Å². The van der Waals surface area contributed by atoms with E-state index in [0.29, 0.717) is 12.1 Å². The second kappa shape index (κ2) is 13.1. The Morgan fingerprint density at radius 2 is 1.10 bits per heavy atom. The molecule has 10 heavy (non-hydrogen) atoms. The molecule has 0 amide bonds. The van der Waals surface area contributed by atoms with Crippen molar-refractivity contribution in [2.45, 2.75) is 39.8 Å². The molecule has 52 valence electrons. The van der Waals surface area contributed by atoms with Crippen molar-refractivity contribution in [3.05, 3.63) is 11.5 Å². The van der Waals surface area contributed by atoms with Crippen LogP contribution in [0.4, 0.5) is 0 Å². The summed E-state index contributed by atoms with van der Waals surface area (Å²) in [5.74, 6) is 0. The third-order valence-electron chi connectivity index (χ3n) is 0.596. The second-order valence-electron chi connectivity index (χ2n) is 2.34. The number of rotatable bonds is 2. The average Bonchev–Trinajstić information content (AvgIpc) is 1.27. The number of hydrogen-bond donors (Lipinski definition) is 0. The predicted molar refractivity (Wildman–Crippen MR) is 38.9 cm³/mol. The van der Waals surface area contributed by atoms with Gasteiger partial charge in [-0.3, -0.25) is 0 Å². The summed E-state index contributed by atoms with van der Waals surface area (Å²) in [5, 5.41) is 4.28. The first-order valence-corrected chi connectivity index (χ1v) is 2.83. The maximum absolute atomic E-state index is 4.28. The van der Waals surface area contributed by atoms with Gasteiger partial charge in [-0.05, 0) is 0 Å². The second-order valence-corrected chi connectivity index (χ2v) is 2.34. The fourth-order valence-corrected chi connectivity index (χ4v) is 0.596. The van der Waals surface area contributed by atoms with Gasteiger partial charge in [0.1, 0.15) is 0 Å². The number of nitrogens with zero attached hydrogens (tertiary/aromatic N) is 1. The van der Waals surface area contributed by atoms with Gasteiger partial charge >= 0.3 is 48.4 Å².